The Hall–Kier alpha value is -2.96. The fourth-order valence-electron chi connectivity index (χ4n) is 3.67. The van der Waals surface area contributed by atoms with Crippen LogP contribution >= 0.6 is 0 Å². The van der Waals surface area contributed by atoms with Gasteiger partial charge < -0.3 is 14.0 Å². The zero-order valence-corrected chi connectivity index (χ0v) is 16.3. The standard InChI is InChI=1S/C21H25N5O2/c1-15(2)18-12-19(28-24-18)21(27)26-10-5-6-16(13-26)20-23-9-11-25(20)14-17-7-3-4-8-22-17/h3-4,7-9,11-12,15-16H,5-6,10,13-14H2,1-2H3. The molecule has 0 bridgehead atoms. The van der Waals surface area contributed by atoms with E-state index in [0.29, 0.717) is 18.8 Å². The molecule has 0 spiro atoms. The third kappa shape index (κ3) is 3.83. The molecule has 1 aliphatic heterocycles. The van der Waals surface area contributed by atoms with Crippen molar-refractivity contribution in [3.63, 3.8) is 0 Å². The highest BCUT2D eigenvalue weighted by Crippen LogP contribution is 2.27. The van der Waals surface area contributed by atoms with E-state index < -0.39 is 0 Å². The maximum absolute atomic E-state index is 12.9. The van der Waals surface area contributed by atoms with Crippen LogP contribution < -0.4 is 0 Å². The van der Waals surface area contributed by atoms with E-state index in [0.717, 1.165) is 36.6 Å². The van der Waals surface area contributed by atoms with Crippen molar-refractivity contribution in [1.29, 1.82) is 0 Å². The lowest BCUT2D eigenvalue weighted by atomic mass is 9.96. The molecule has 0 aliphatic carbocycles. The number of carbonyl (C=O) groups is 1. The Morgan fingerprint density at radius 1 is 1.29 bits per heavy atom. The smallest absolute Gasteiger partial charge is 0.292 e. The fourth-order valence-corrected chi connectivity index (χ4v) is 3.67. The molecule has 1 atom stereocenters. The Balaban J connectivity index is 1.48. The van der Waals surface area contributed by atoms with E-state index in [1.54, 1.807) is 12.3 Å². The Bertz CT molecular complexity index is 931. The van der Waals surface area contributed by atoms with E-state index >= 15 is 0 Å². The van der Waals surface area contributed by atoms with Crippen LogP contribution in [0.25, 0.3) is 0 Å². The number of amides is 1. The molecular formula is C21H25N5O2. The maximum Gasteiger partial charge on any atom is 0.292 e. The maximum atomic E-state index is 12.9. The summed E-state index contributed by atoms with van der Waals surface area (Å²) in [6.45, 7) is 6.11. The molecule has 1 unspecified atom stereocenters. The first-order valence-corrected chi connectivity index (χ1v) is 9.78. The van der Waals surface area contributed by atoms with Gasteiger partial charge >= 0.3 is 0 Å². The van der Waals surface area contributed by atoms with Crippen molar-refractivity contribution in [3.8, 4) is 0 Å². The number of hydrogen-bond donors (Lipinski definition) is 0. The number of nitrogens with zero attached hydrogens (tertiary/aromatic N) is 5. The molecule has 1 saturated heterocycles. The first kappa shape index (κ1) is 18.4. The van der Waals surface area contributed by atoms with Crippen LogP contribution in [-0.2, 0) is 6.54 Å². The molecule has 0 saturated carbocycles. The first-order chi connectivity index (χ1) is 13.6. The molecule has 28 heavy (non-hydrogen) atoms. The van der Waals surface area contributed by atoms with Crippen LogP contribution in [0.1, 0.15) is 66.3 Å². The minimum atomic E-state index is -0.0908. The summed E-state index contributed by atoms with van der Waals surface area (Å²) in [5.41, 5.74) is 1.80. The van der Waals surface area contributed by atoms with Gasteiger partial charge in [-0.2, -0.15) is 0 Å². The fraction of sp³-hybridized carbons (Fsp3) is 0.429. The van der Waals surface area contributed by atoms with Gasteiger partial charge in [-0.25, -0.2) is 4.98 Å². The van der Waals surface area contributed by atoms with Crippen LogP contribution in [0.5, 0.6) is 0 Å². The molecule has 4 heterocycles. The van der Waals surface area contributed by atoms with Gasteiger partial charge in [-0.1, -0.05) is 25.1 Å². The Morgan fingerprint density at radius 2 is 2.18 bits per heavy atom. The number of piperidine rings is 1. The predicted molar refractivity (Wildman–Crippen MR) is 104 cm³/mol. The van der Waals surface area contributed by atoms with Crippen molar-refractivity contribution < 1.29 is 9.32 Å². The molecule has 0 radical (unpaired) electrons. The van der Waals surface area contributed by atoms with E-state index in [2.05, 4.69) is 19.7 Å². The molecule has 1 aliphatic rings. The SMILES string of the molecule is CC(C)c1cc(C(=O)N2CCCC(c3nccn3Cc3ccccn3)C2)on1. The highest BCUT2D eigenvalue weighted by Gasteiger charge is 2.30. The summed E-state index contributed by atoms with van der Waals surface area (Å²) in [7, 11) is 0. The van der Waals surface area contributed by atoms with Crippen molar-refractivity contribution in [1.82, 2.24) is 24.6 Å². The normalized spacial score (nSPS) is 17.2. The van der Waals surface area contributed by atoms with Gasteiger partial charge in [0.25, 0.3) is 5.91 Å². The molecule has 1 fully saturated rings. The second-order valence-electron chi connectivity index (χ2n) is 7.60. The van der Waals surface area contributed by atoms with Gasteiger partial charge in [-0.3, -0.25) is 9.78 Å². The summed E-state index contributed by atoms with van der Waals surface area (Å²) >= 11 is 0. The van der Waals surface area contributed by atoms with E-state index in [1.807, 2.05) is 49.3 Å². The van der Waals surface area contributed by atoms with Crippen molar-refractivity contribution >= 4 is 5.91 Å². The summed E-state index contributed by atoms with van der Waals surface area (Å²) in [4.78, 5) is 23.7. The molecule has 7 nitrogen and oxygen atoms in total. The Morgan fingerprint density at radius 3 is 2.93 bits per heavy atom. The second-order valence-corrected chi connectivity index (χ2v) is 7.60. The number of imidazole rings is 1. The monoisotopic (exact) mass is 379 g/mol. The van der Waals surface area contributed by atoms with Crippen molar-refractivity contribution in [2.45, 2.75) is 45.1 Å². The lowest BCUT2D eigenvalue weighted by Gasteiger charge is -2.32. The van der Waals surface area contributed by atoms with E-state index in [9.17, 15) is 4.79 Å². The third-order valence-corrected chi connectivity index (χ3v) is 5.21. The summed E-state index contributed by atoms with van der Waals surface area (Å²) in [5, 5.41) is 4.02. The van der Waals surface area contributed by atoms with Crippen LogP contribution in [0.4, 0.5) is 0 Å². The number of rotatable bonds is 5. The van der Waals surface area contributed by atoms with Crippen LogP contribution in [0.3, 0.4) is 0 Å². The zero-order valence-electron chi connectivity index (χ0n) is 16.3. The lowest BCUT2D eigenvalue weighted by Crippen LogP contribution is -2.39. The van der Waals surface area contributed by atoms with Gasteiger partial charge in [0.2, 0.25) is 5.76 Å². The minimum Gasteiger partial charge on any atom is -0.351 e. The molecule has 1 amide bonds. The topological polar surface area (TPSA) is 77.0 Å². The van der Waals surface area contributed by atoms with E-state index in [-0.39, 0.29) is 17.7 Å². The van der Waals surface area contributed by atoms with Gasteiger partial charge in [0.15, 0.2) is 0 Å². The number of likely N-dealkylation sites (tertiary alicyclic amines) is 1. The molecule has 146 valence electrons. The van der Waals surface area contributed by atoms with Gasteiger partial charge in [0.1, 0.15) is 5.82 Å². The minimum absolute atomic E-state index is 0.0908. The largest absolute Gasteiger partial charge is 0.351 e. The van der Waals surface area contributed by atoms with Crippen LogP contribution in [0, 0.1) is 0 Å². The Labute approximate surface area is 164 Å². The van der Waals surface area contributed by atoms with Crippen LogP contribution in [-0.4, -0.2) is 43.6 Å². The number of hydrogen-bond acceptors (Lipinski definition) is 5. The van der Waals surface area contributed by atoms with Gasteiger partial charge in [0.05, 0.1) is 17.9 Å². The highest BCUT2D eigenvalue weighted by molar-refractivity contribution is 5.91. The number of carbonyl (C=O) groups excluding carboxylic acids is 1. The number of pyridine rings is 1. The van der Waals surface area contributed by atoms with Crippen molar-refractivity contribution in [2.24, 2.45) is 0 Å². The average Bonchev–Trinajstić information content (AvgIpc) is 3.38. The Kier molecular flexibility index (Phi) is 5.23. The first-order valence-electron chi connectivity index (χ1n) is 9.78. The number of aromatic nitrogens is 4. The summed E-state index contributed by atoms with van der Waals surface area (Å²) < 4.78 is 7.43. The quantitative estimate of drug-likeness (QED) is 0.678. The van der Waals surface area contributed by atoms with E-state index in [4.69, 9.17) is 4.52 Å². The van der Waals surface area contributed by atoms with Crippen molar-refractivity contribution in [3.05, 3.63) is 65.8 Å². The second kappa shape index (κ2) is 7.96. The predicted octanol–water partition coefficient (Wildman–Crippen LogP) is 3.46. The molecule has 0 aromatic carbocycles. The van der Waals surface area contributed by atoms with Crippen LogP contribution in [0.2, 0.25) is 0 Å². The summed E-state index contributed by atoms with van der Waals surface area (Å²) in [6.07, 6.45) is 7.56. The molecular weight excluding hydrogens is 354 g/mol. The summed E-state index contributed by atoms with van der Waals surface area (Å²) in [5.74, 6) is 1.67. The molecule has 4 rings (SSSR count). The van der Waals surface area contributed by atoms with Gasteiger partial charge in [0, 0.05) is 43.7 Å². The van der Waals surface area contributed by atoms with Gasteiger partial charge in [-0.15, -0.1) is 0 Å². The molecule has 0 N–H and O–H groups in total. The third-order valence-electron chi connectivity index (χ3n) is 5.21. The summed E-state index contributed by atoms with van der Waals surface area (Å²) in [6, 6.07) is 7.68. The zero-order chi connectivity index (χ0) is 19.5. The average molecular weight is 379 g/mol. The molecule has 7 heteroatoms. The van der Waals surface area contributed by atoms with E-state index in [1.165, 1.54) is 0 Å². The van der Waals surface area contributed by atoms with Crippen LogP contribution in [0.15, 0.2) is 47.4 Å². The van der Waals surface area contributed by atoms with Crippen molar-refractivity contribution in [2.75, 3.05) is 13.1 Å². The molecule has 3 aromatic rings. The highest BCUT2D eigenvalue weighted by atomic mass is 16.5. The lowest BCUT2D eigenvalue weighted by molar-refractivity contribution is 0.0661. The molecule has 3 aromatic heterocycles. The van der Waals surface area contributed by atoms with Gasteiger partial charge in [-0.05, 0) is 30.9 Å².